The molecule has 0 saturated heterocycles. The number of nitrogens with zero attached hydrogens (tertiary/aromatic N) is 3. The molecule has 0 bridgehead atoms. The highest BCUT2D eigenvalue weighted by Gasteiger charge is 2.09. The molecule has 1 N–H and O–H groups in total. The van der Waals surface area contributed by atoms with E-state index < -0.39 is 0 Å². The second-order valence-corrected chi connectivity index (χ2v) is 6.71. The maximum Gasteiger partial charge on any atom is 0.269 e. The average Bonchev–Trinajstić information content (AvgIpc) is 3.02. The first-order valence-corrected chi connectivity index (χ1v) is 9.08. The molecule has 0 aliphatic heterocycles. The fourth-order valence-corrected chi connectivity index (χ4v) is 3.31. The largest absolute Gasteiger partial charge is 0.381 e. The molecular weight excluding hydrogens is 352 g/mol. The molecule has 6 heteroatoms. The fraction of sp³-hybridized carbons (Fsp3) is 0.136. The minimum Gasteiger partial charge on any atom is -0.381 e. The number of nitro groups is 1. The number of imidazole rings is 1. The summed E-state index contributed by atoms with van der Waals surface area (Å²) in [5, 5.41) is 14.2. The van der Waals surface area contributed by atoms with Crippen LogP contribution in [-0.2, 0) is 13.1 Å². The molecule has 6 nitrogen and oxygen atoms in total. The second kappa shape index (κ2) is 7.52. The molecule has 0 radical (unpaired) electrons. The Balaban J connectivity index is 1.54. The number of hydrogen-bond donors (Lipinski definition) is 1. The van der Waals surface area contributed by atoms with E-state index in [4.69, 9.17) is 4.98 Å². The van der Waals surface area contributed by atoms with Crippen LogP contribution in [0.1, 0.15) is 17.0 Å². The Morgan fingerprint density at radius 2 is 1.79 bits per heavy atom. The number of rotatable bonds is 6. The van der Waals surface area contributed by atoms with E-state index in [-0.39, 0.29) is 10.6 Å². The van der Waals surface area contributed by atoms with E-state index in [1.807, 2.05) is 43.3 Å². The molecule has 1 heterocycles. The number of aryl methyl sites for hydroxylation is 1. The number of anilines is 1. The van der Waals surface area contributed by atoms with Crippen molar-refractivity contribution in [2.45, 2.75) is 20.0 Å². The van der Waals surface area contributed by atoms with Gasteiger partial charge in [-0.25, -0.2) is 4.98 Å². The van der Waals surface area contributed by atoms with Gasteiger partial charge in [-0.2, -0.15) is 0 Å². The highest BCUT2D eigenvalue weighted by molar-refractivity contribution is 5.80. The van der Waals surface area contributed by atoms with E-state index >= 15 is 0 Å². The van der Waals surface area contributed by atoms with Crippen LogP contribution in [0.2, 0.25) is 0 Å². The van der Waals surface area contributed by atoms with Crippen LogP contribution in [0.3, 0.4) is 0 Å². The SMILES string of the molecule is Cc1nc2cc(NCc3cccc([N+](=O)[O-])c3)ccc2n1Cc1ccccc1. The summed E-state index contributed by atoms with van der Waals surface area (Å²) in [6, 6.07) is 23.1. The average molecular weight is 372 g/mol. The summed E-state index contributed by atoms with van der Waals surface area (Å²) >= 11 is 0. The van der Waals surface area contributed by atoms with Gasteiger partial charge in [0.05, 0.1) is 16.0 Å². The van der Waals surface area contributed by atoms with Gasteiger partial charge >= 0.3 is 0 Å². The Labute approximate surface area is 162 Å². The zero-order valence-corrected chi connectivity index (χ0v) is 15.5. The van der Waals surface area contributed by atoms with Gasteiger partial charge in [0.15, 0.2) is 0 Å². The van der Waals surface area contributed by atoms with Crippen LogP contribution < -0.4 is 5.32 Å². The van der Waals surface area contributed by atoms with Crippen molar-refractivity contribution in [3.05, 3.63) is 99.9 Å². The number of nitro benzene ring substituents is 1. The van der Waals surface area contributed by atoms with Gasteiger partial charge in [0.2, 0.25) is 0 Å². The first-order chi connectivity index (χ1) is 13.6. The predicted molar refractivity (Wildman–Crippen MR) is 110 cm³/mol. The fourth-order valence-electron chi connectivity index (χ4n) is 3.31. The molecule has 0 spiro atoms. The van der Waals surface area contributed by atoms with E-state index in [1.165, 1.54) is 11.6 Å². The number of benzene rings is 3. The lowest BCUT2D eigenvalue weighted by atomic mass is 10.2. The summed E-state index contributed by atoms with van der Waals surface area (Å²) < 4.78 is 2.20. The summed E-state index contributed by atoms with van der Waals surface area (Å²) in [5.41, 5.74) is 5.14. The molecule has 0 atom stereocenters. The van der Waals surface area contributed by atoms with Crippen molar-refractivity contribution in [3.63, 3.8) is 0 Å². The molecule has 0 fully saturated rings. The summed E-state index contributed by atoms with van der Waals surface area (Å²) in [6.45, 7) is 3.31. The number of nitrogens with one attached hydrogen (secondary N) is 1. The molecule has 0 aliphatic rings. The van der Waals surface area contributed by atoms with Gasteiger partial charge < -0.3 is 9.88 Å². The molecule has 140 valence electrons. The Morgan fingerprint density at radius 1 is 1.00 bits per heavy atom. The van der Waals surface area contributed by atoms with Crippen molar-refractivity contribution in [3.8, 4) is 0 Å². The van der Waals surface area contributed by atoms with Crippen molar-refractivity contribution in [1.29, 1.82) is 0 Å². The van der Waals surface area contributed by atoms with Gasteiger partial charge in [-0.1, -0.05) is 42.5 Å². The number of aromatic nitrogens is 2. The van der Waals surface area contributed by atoms with Crippen molar-refractivity contribution in [2.24, 2.45) is 0 Å². The number of non-ortho nitro benzene ring substituents is 1. The summed E-state index contributed by atoms with van der Waals surface area (Å²) in [6.07, 6.45) is 0. The van der Waals surface area contributed by atoms with Crippen LogP contribution in [0.5, 0.6) is 0 Å². The Hall–Kier alpha value is -3.67. The summed E-state index contributed by atoms with van der Waals surface area (Å²) in [5.74, 6) is 0.967. The Morgan fingerprint density at radius 3 is 2.57 bits per heavy atom. The van der Waals surface area contributed by atoms with E-state index in [0.29, 0.717) is 6.54 Å². The topological polar surface area (TPSA) is 73.0 Å². The highest BCUT2D eigenvalue weighted by Crippen LogP contribution is 2.22. The van der Waals surface area contributed by atoms with Gasteiger partial charge in [0.25, 0.3) is 5.69 Å². The van der Waals surface area contributed by atoms with Crippen LogP contribution in [-0.4, -0.2) is 14.5 Å². The molecule has 4 aromatic rings. The third-order valence-corrected chi connectivity index (χ3v) is 4.74. The van der Waals surface area contributed by atoms with Crippen LogP contribution in [0.25, 0.3) is 11.0 Å². The Bertz CT molecular complexity index is 1140. The van der Waals surface area contributed by atoms with Gasteiger partial charge in [0, 0.05) is 30.9 Å². The normalized spacial score (nSPS) is 10.9. The third-order valence-electron chi connectivity index (χ3n) is 4.74. The third kappa shape index (κ3) is 3.71. The van der Waals surface area contributed by atoms with Crippen LogP contribution in [0, 0.1) is 17.0 Å². The minimum atomic E-state index is -0.377. The monoisotopic (exact) mass is 372 g/mol. The van der Waals surface area contributed by atoms with E-state index in [9.17, 15) is 10.1 Å². The minimum absolute atomic E-state index is 0.102. The lowest BCUT2D eigenvalue weighted by Gasteiger charge is -2.09. The molecule has 0 saturated carbocycles. The quantitative estimate of drug-likeness (QED) is 0.385. The van der Waals surface area contributed by atoms with Gasteiger partial charge in [-0.05, 0) is 36.2 Å². The van der Waals surface area contributed by atoms with Crippen LogP contribution in [0.4, 0.5) is 11.4 Å². The highest BCUT2D eigenvalue weighted by atomic mass is 16.6. The van der Waals surface area contributed by atoms with Crippen molar-refractivity contribution in [2.75, 3.05) is 5.32 Å². The number of fused-ring (bicyclic) bond motifs is 1. The summed E-state index contributed by atoms with van der Waals surface area (Å²) in [4.78, 5) is 15.2. The smallest absolute Gasteiger partial charge is 0.269 e. The van der Waals surface area contributed by atoms with Crippen LogP contribution >= 0.6 is 0 Å². The van der Waals surface area contributed by atoms with Crippen molar-refractivity contribution >= 4 is 22.4 Å². The molecule has 1 aromatic heterocycles. The van der Waals surface area contributed by atoms with Gasteiger partial charge in [-0.15, -0.1) is 0 Å². The van der Waals surface area contributed by atoms with Gasteiger partial charge in [0.1, 0.15) is 5.82 Å². The van der Waals surface area contributed by atoms with E-state index in [1.54, 1.807) is 12.1 Å². The first-order valence-electron chi connectivity index (χ1n) is 9.08. The van der Waals surface area contributed by atoms with Crippen molar-refractivity contribution in [1.82, 2.24) is 9.55 Å². The van der Waals surface area contributed by atoms with Crippen LogP contribution in [0.15, 0.2) is 72.8 Å². The predicted octanol–water partition coefficient (Wildman–Crippen LogP) is 4.91. The number of hydrogen-bond acceptors (Lipinski definition) is 4. The molecule has 0 unspecified atom stereocenters. The first kappa shape index (κ1) is 17.7. The second-order valence-electron chi connectivity index (χ2n) is 6.71. The van der Waals surface area contributed by atoms with Crippen molar-refractivity contribution < 1.29 is 4.92 Å². The zero-order chi connectivity index (χ0) is 19.5. The molecule has 0 aliphatic carbocycles. The molecule has 3 aromatic carbocycles. The molecular formula is C22H20N4O2. The molecule has 0 amide bonds. The standard InChI is InChI=1S/C22H20N4O2/c1-16-24-21-13-19(23-14-18-8-5-9-20(12-18)26(27)28)10-11-22(21)25(16)15-17-6-3-2-4-7-17/h2-13,23H,14-15H2,1H3. The zero-order valence-electron chi connectivity index (χ0n) is 15.5. The lowest BCUT2D eigenvalue weighted by molar-refractivity contribution is -0.384. The van der Waals surface area contributed by atoms with E-state index in [0.717, 1.165) is 34.7 Å². The lowest BCUT2D eigenvalue weighted by Crippen LogP contribution is -2.02. The molecule has 4 rings (SSSR count). The van der Waals surface area contributed by atoms with E-state index in [2.05, 4.69) is 28.1 Å². The van der Waals surface area contributed by atoms with Gasteiger partial charge in [-0.3, -0.25) is 10.1 Å². The molecule has 28 heavy (non-hydrogen) atoms. The summed E-state index contributed by atoms with van der Waals surface area (Å²) in [7, 11) is 0. The maximum atomic E-state index is 10.9. The maximum absolute atomic E-state index is 10.9. The Kier molecular flexibility index (Phi) is 4.76.